The Hall–Kier alpha value is -1.29. The molecule has 2 N–H and O–H groups in total. The van der Waals surface area contributed by atoms with E-state index in [0.717, 1.165) is 12.2 Å². The van der Waals surface area contributed by atoms with Gasteiger partial charge < -0.3 is 5.32 Å². The summed E-state index contributed by atoms with van der Waals surface area (Å²) in [6.45, 7) is 7.78. The van der Waals surface area contributed by atoms with E-state index in [1.165, 1.54) is 31.5 Å². The highest BCUT2D eigenvalue weighted by atomic mass is 15.2. The van der Waals surface area contributed by atoms with Crippen LogP contribution in [0.5, 0.6) is 0 Å². The number of likely N-dealkylation sites (tertiary alicyclic amines) is 1. The maximum absolute atomic E-state index is 3.95. The topological polar surface area (TPSA) is 44.0 Å². The predicted octanol–water partition coefficient (Wildman–Crippen LogP) is 2.25. The van der Waals surface area contributed by atoms with Crippen molar-refractivity contribution in [2.75, 3.05) is 25.0 Å². The monoisotopic (exact) mass is 234 g/mol. The van der Waals surface area contributed by atoms with Crippen LogP contribution < -0.4 is 5.32 Å². The molecular weight excluding hydrogens is 212 g/mol. The summed E-state index contributed by atoms with van der Waals surface area (Å²) >= 11 is 0. The quantitative estimate of drug-likeness (QED) is 0.785. The van der Waals surface area contributed by atoms with Crippen molar-refractivity contribution >= 4 is 5.69 Å². The fourth-order valence-corrected chi connectivity index (χ4v) is 2.14. The van der Waals surface area contributed by atoms with Crippen LogP contribution in [-0.2, 0) is 0 Å². The fourth-order valence-electron chi connectivity index (χ4n) is 2.14. The fraction of sp³-hybridized carbons (Fsp3) is 0.615. The van der Waals surface area contributed by atoms with Gasteiger partial charge in [-0.05, 0) is 26.7 Å². The van der Waals surface area contributed by atoms with E-state index in [-0.39, 0.29) is 0 Å². The first-order valence-corrected chi connectivity index (χ1v) is 6.35. The molecule has 0 unspecified atom stereocenters. The van der Waals surface area contributed by atoms with Gasteiger partial charge in [0.25, 0.3) is 0 Å². The summed E-state index contributed by atoms with van der Waals surface area (Å²) < 4.78 is 0. The number of nitrogens with zero attached hydrogens (tertiary/aromatic N) is 2. The van der Waals surface area contributed by atoms with E-state index >= 15 is 0 Å². The Morgan fingerprint density at radius 1 is 1.53 bits per heavy atom. The predicted molar refractivity (Wildman–Crippen MR) is 71.1 cm³/mol. The molecule has 0 atom stereocenters. The molecule has 0 spiro atoms. The van der Waals surface area contributed by atoms with Crippen LogP contribution >= 0.6 is 0 Å². The van der Waals surface area contributed by atoms with E-state index in [1.807, 2.05) is 12.4 Å². The first kappa shape index (κ1) is 12.2. The van der Waals surface area contributed by atoms with Gasteiger partial charge in [0, 0.05) is 31.9 Å². The van der Waals surface area contributed by atoms with E-state index < -0.39 is 0 Å². The first-order chi connectivity index (χ1) is 8.24. The van der Waals surface area contributed by atoms with Gasteiger partial charge in [-0.1, -0.05) is 11.6 Å². The van der Waals surface area contributed by atoms with Gasteiger partial charge in [0.05, 0.1) is 11.9 Å². The minimum Gasteiger partial charge on any atom is -0.380 e. The van der Waals surface area contributed by atoms with E-state index in [0.29, 0.717) is 6.04 Å². The van der Waals surface area contributed by atoms with Crippen LogP contribution in [0.1, 0.15) is 26.7 Å². The van der Waals surface area contributed by atoms with Crippen LogP contribution in [0.4, 0.5) is 5.69 Å². The average Bonchev–Trinajstić information content (AvgIpc) is 2.81. The molecule has 0 aliphatic carbocycles. The van der Waals surface area contributed by atoms with Gasteiger partial charge in [0.1, 0.15) is 0 Å². The van der Waals surface area contributed by atoms with Gasteiger partial charge in [-0.3, -0.25) is 10.00 Å². The van der Waals surface area contributed by atoms with E-state index in [9.17, 15) is 0 Å². The normalized spacial score (nSPS) is 18.0. The molecule has 17 heavy (non-hydrogen) atoms. The number of H-pyrrole nitrogens is 1. The zero-order valence-electron chi connectivity index (χ0n) is 10.7. The molecule has 4 heteroatoms. The maximum Gasteiger partial charge on any atom is 0.0725 e. The molecule has 1 saturated heterocycles. The minimum atomic E-state index is 0.593. The van der Waals surface area contributed by atoms with Crippen molar-refractivity contribution in [2.45, 2.75) is 32.7 Å². The minimum absolute atomic E-state index is 0.593. The lowest BCUT2D eigenvalue weighted by Gasteiger charge is -2.31. The molecule has 0 amide bonds. The Morgan fingerprint density at radius 2 is 2.29 bits per heavy atom. The van der Waals surface area contributed by atoms with Gasteiger partial charge in [-0.25, -0.2) is 0 Å². The Bertz CT molecular complexity index is 344. The standard InChI is InChI=1S/C13H22N4/c1-11(2)3-6-17-7-4-12(5-8-17)16-13-9-14-15-10-13/h3,9-10,12,16H,4-8H2,1-2H3,(H,14,15). The number of allylic oxidation sites excluding steroid dienone is 1. The van der Waals surface area contributed by atoms with Crippen LogP contribution in [0, 0.1) is 0 Å². The van der Waals surface area contributed by atoms with Gasteiger partial charge in [-0.2, -0.15) is 5.10 Å². The summed E-state index contributed by atoms with van der Waals surface area (Å²) in [6.07, 6.45) is 8.48. The number of hydrogen-bond donors (Lipinski definition) is 2. The van der Waals surface area contributed by atoms with Crippen LogP contribution in [0.2, 0.25) is 0 Å². The van der Waals surface area contributed by atoms with Gasteiger partial charge in [-0.15, -0.1) is 0 Å². The van der Waals surface area contributed by atoms with Crippen LogP contribution in [0.15, 0.2) is 24.0 Å². The Kier molecular flexibility index (Phi) is 4.20. The number of piperidine rings is 1. The van der Waals surface area contributed by atoms with Crippen molar-refractivity contribution in [1.29, 1.82) is 0 Å². The van der Waals surface area contributed by atoms with Crippen molar-refractivity contribution in [1.82, 2.24) is 15.1 Å². The molecule has 0 aromatic carbocycles. The summed E-state index contributed by atoms with van der Waals surface area (Å²) in [7, 11) is 0. The Morgan fingerprint density at radius 3 is 2.88 bits per heavy atom. The average molecular weight is 234 g/mol. The number of anilines is 1. The van der Waals surface area contributed by atoms with E-state index in [1.54, 1.807) is 0 Å². The number of rotatable bonds is 4. The maximum atomic E-state index is 3.95. The van der Waals surface area contributed by atoms with Gasteiger partial charge in [0.15, 0.2) is 0 Å². The van der Waals surface area contributed by atoms with E-state index in [4.69, 9.17) is 0 Å². The number of hydrogen-bond acceptors (Lipinski definition) is 3. The lowest BCUT2D eigenvalue weighted by molar-refractivity contribution is 0.240. The molecule has 1 aromatic heterocycles. The molecule has 94 valence electrons. The molecule has 2 rings (SSSR count). The second kappa shape index (κ2) is 5.87. The molecule has 0 radical (unpaired) electrons. The molecule has 0 saturated carbocycles. The van der Waals surface area contributed by atoms with Crippen LogP contribution in [0.25, 0.3) is 0 Å². The molecule has 1 aliphatic rings. The summed E-state index contributed by atoms with van der Waals surface area (Å²) in [5.74, 6) is 0. The second-order valence-electron chi connectivity index (χ2n) is 4.99. The Balaban J connectivity index is 1.72. The zero-order valence-corrected chi connectivity index (χ0v) is 10.7. The first-order valence-electron chi connectivity index (χ1n) is 6.35. The summed E-state index contributed by atoms with van der Waals surface area (Å²) in [6, 6.07) is 0.593. The van der Waals surface area contributed by atoms with Crippen molar-refractivity contribution in [3.63, 3.8) is 0 Å². The van der Waals surface area contributed by atoms with Crippen LogP contribution in [0.3, 0.4) is 0 Å². The van der Waals surface area contributed by atoms with Gasteiger partial charge >= 0.3 is 0 Å². The summed E-state index contributed by atoms with van der Waals surface area (Å²) in [4.78, 5) is 2.51. The Labute approximate surface area is 103 Å². The highest BCUT2D eigenvalue weighted by Gasteiger charge is 2.18. The molecule has 1 aromatic rings. The van der Waals surface area contributed by atoms with Gasteiger partial charge in [0.2, 0.25) is 0 Å². The van der Waals surface area contributed by atoms with Crippen molar-refractivity contribution in [3.8, 4) is 0 Å². The van der Waals surface area contributed by atoms with Crippen molar-refractivity contribution < 1.29 is 0 Å². The second-order valence-corrected chi connectivity index (χ2v) is 4.99. The molecular formula is C13H22N4. The molecule has 0 bridgehead atoms. The molecule has 2 heterocycles. The lowest BCUT2D eigenvalue weighted by atomic mass is 10.0. The van der Waals surface area contributed by atoms with E-state index in [2.05, 4.69) is 40.3 Å². The largest absolute Gasteiger partial charge is 0.380 e. The number of aromatic amines is 1. The zero-order chi connectivity index (χ0) is 12.1. The third kappa shape index (κ3) is 3.89. The highest BCUT2D eigenvalue weighted by Crippen LogP contribution is 2.15. The number of nitrogens with one attached hydrogen (secondary N) is 2. The van der Waals surface area contributed by atoms with Crippen LogP contribution in [-0.4, -0.2) is 40.8 Å². The van der Waals surface area contributed by atoms with Crippen molar-refractivity contribution in [3.05, 3.63) is 24.0 Å². The highest BCUT2D eigenvalue weighted by molar-refractivity contribution is 5.38. The molecule has 4 nitrogen and oxygen atoms in total. The number of aromatic nitrogens is 2. The smallest absolute Gasteiger partial charge is 0.0725 e. The van der Waals surface area contributed by atoms with Crippen molar-refractivity contribution in [2.24, 2.45) is 0 Å². The SMILES string of the molecule is CC(C)=CCN1CCC(Nc2cn[nH]c2)CC1. The molecule has 1 fully saturated rings. The third-order valence-electron chi connectivity index (χ3n) is 3.21. The summed E-state index contributed by atoms with van der Waals surface area (Å²) in [5, 5.41) is 10.3. The lowest BCUT2D eigenvalue weighted by Crippen LogP contribution is -2.39. The third-order valence-corrected chi connectivity index (χ3v) is 3.21. The molecule has 1 aliphatic heterocycles. The summed E-state index contributed by atoms with van der Waals surface area (Å²) in [5.41, 5.74) is 2.51.